The van der Waals surface area contributed by atoms with Crippen LogP contribution in [0.2, 0.25) is 0 Å². The molecule has 7 nitrogen and oxygen atoms in total. The maximum atomic E-state index is 12.4. The summed E-state index contributed by atoms with van der Waals surface area (Å²) in [5.74, 6) is -1.33. The molecule has 1 N–H and O–H groups in total. The lowest BCUT2D eigenvalue weighted by Gasteiger charge is -2.17. The standard InChI is InChI=1S/C19H24N2O5/c1-11-6-7-14(10-12(11)2)16(23)13(3)26-15(22)8-9-21-17(24)19(4,5)20-18(21)25/h6-7,10,13H,8-9H2,1-5H3,(H,20,25). The SMILES string of the molecule is Cc1ccc(C(=O)C(C)OC(=O)CCN2C(=O)NC(C)(C)C2=O)cc1C. The lowest BCUT2D eigenvalue weighted by atomic mass is 10.0. The molecule has 7 heteroatoms. The van der Waals surface area contributed by atoms with Gasteiger partial charge in [-0.2, -0.15) is 0 Å². The predicted molar refractivity (Wildman–Crippen MR) is 94.7 cm³/mol. The number of aryl methyl sites for hydroxylation is 2. The van der Waals surface area contributed by atoms with Crippen LogP contribution in [0, 0.1) is 13.8 Å². The number of ether oxygens (including phenoxy) is 1. The van der Waals surface area contributed by atoms with Gasteiger partial charge in [0.2, 0.25) is 5.78 Å². The number of amides is 3. The molecule has 1 heterocycles. The van der Waals surface area contributed by atoms with E-state index in [1.165, 1.54) is 6.92 Å². The van der Waals surface area contributed by atoms with E-state index in [0.29, 0.717) is 5.56 Å². The van der Waals surface area contributed by atoms with Crippen LogP contribution in [0.5, 0.6) is 0 Å². The molecule has 1 unspecified atom stereocenters. The molecular formula is C19H24N2O5. The summed E-state index contributed by atoms with van der Waals surface area (Å²) < 4.78 is 5.16. The molecule has 2 rings (SSSR count). The minimum absolute atomic E-state index is 0.0858. The van der Waals surface area contributed by atoms with E-state index in [2.05, 4.69) is 5.32 Å². The molecular weight excluding hydrogens is 336 g/mol. The quantitative estimate of drug-likeness (QED) is 0.477. The van der Waals surface area contributed by atoms with E-state index >= 15 is 0 Å². The Morgan fingerprint density at radius 3 is 2.38 bits per heavy atom. The van der Waals surface area contributed by atoms with Crippen molar-refractivity contribution in [3.63, 3.8) is 0 Å². The number of Topliss-reactive ketones (excluding diaryl/α,β-unsaturated/α-hetero) is 1. The van der Waals surface area contributed by atoms with Gasteiger partial charge in [0, 0.05) is 12.1 Å². The largest absolute Gasteiger partial charge is 0.454 e. The summed E-state index contributed by atoms with van der Waals surface area (Å²) >= 11 is 0. The number of carbonyl (C=O) groups excluding carboxylic acids is 4. The highest BCUT2D eigenvalue weighted by Crippen LogP contribution is 2.17. The molecule has 1 saturated heterocycles. The van der Waals surface area contributed by atoms with Crippen LogP contribution >= 0.6 is 0 Å². The van der Waals surface area contributed by atoms with Gasteiger partial charge in [-0.25, -0.2) is 4.79 Å². The van der Waals surface area contributed by atoms with Gasteiger partial charge in [-0.1, -0.05) is 12.1 Å². The molecule has 140 valence electrons. The number of esters is 1. The van der Waals surface area contributed by atoms with E-state index in [4.69, 9.17) is 4.74 Å². The minimum atomic E-state index is -0.979. The van der Waals surface area contributed by atoms with E-state index in [1.807, 2.05) is 19.9 Å². The van der Waals surface area contributed by atoms with Crippen molar-refractivity contribution in [3.8, 4) is 0 Å². The van der Waals surface area contributed by atoms with Crippen LogP contribution in [0.3, 0.4) is 0 Å². The zero-order valence-electron chi connectivity index (χ0n) is 15.7. The number of ketones is 1. The molecule has 1 aliphatic rings. The number of nitrogens with one attached hydrogen (secondary N) is 1. The maximum Gasteiger partial charge on any atom is 0.325 e. The first-order valence-corrected chi connectivity index (χ1v) is 8.48. The number of benzene rings is 1. The molecule has 0 saturated carbocycles. The first-order chi connectivity index (χ1) is 12.0. The van der Waals surface area contributed by atoms with Crippen molar-refractivity contribution in [2.75, 3.05) is 6.54 Å². The number of carbonyl (C=O) groups is 4. The Balaban J connectivity index is 1.91. The van der Waals surface area contributed by atoms with Gasteiger partial charge in [-0.05, 0) is 51.8 Å². The van der Waals surface area contributed by atoms with Gasteiger partial charge in [0.15, 0.2) is 6.10 Å². The molecule has 1 aromatic rings. The fourth-order valence-corrected chi connectivity index (χ4v) is 2.66. The first kappa shape index (κ1) is 19.6. The van der Waals surface area contributed by atoms with Crippen LogP contribution in [0.1, 0.15) is 48.7 Å². The highest BCUT2D eigenvalue weighted by Gasteiger charge is 2.44. The van der Waals surface area contributed by atoms with E-state index in [0.717, 1.165) is 16.0 Å². The van der Waals surface area contributed by atoms with Gasteiger partial charge >= 0.3 is 12.0 Å². The molecule has 0 spiro atoms. The van der Waals surface area contributed by atoms with Crippen molar-refractivity contribution in [1.82, 2.24) is 10.2 Å². The normalized spacial score (nSPS) is 17.0. The summed E-state index contributed by atoms with van der Waals surface area (Å²) in [7, 11) is 0. The Labute approximate surface area is 152 Å². The fourth-order valence-electron chi connectivity index (χ4n) is 2.66. The molecule has 1 aliphatic heterocycles. The smallest absolute Gasteiger partial charge is 0.325 e. The van der Waals surface area contributed by atoms with E-state index in [9.17, 15) is 19.2 Å². The average Bonchev–Trinajstić information content (AvgIpc) is 2.75. The van der Waals surface area contributed by atoms with Crippen LogP contribution in [0.15, 0.2) is 18.2 Å². The third kappa shape index (κ3) is 4.09. The second kappa shape index (κ2) is 7.27. The zero-order valence-corrected chi connectivity index (χ0v) is 15.7. The number of rotatable bonds is 6. The van der Waals surface area contributed by atoms with Gasteiger partial charge in [0.25, 0.3) is 5.91 Å². The third-order valence-corrected chi connectivity index (χ3v) is 4.45. The van der Waals surface area contributed by atoms with Gasteiger partial charge in [0.05, 0.1) is 6.42 Å². The summed E-state index contributed by atoms with van der Waals surface area (Å²) in [6.07, 6.45) is -1.11. The molecule has 3 amide bonds. The second-order valence-corrected chi connectivity index (χ2v) is 7.06. The lowest BCUT2D eigenvalue weighted by molar-refractivity contribution is -0.146. The number of nitrogens with zero attached hydrogens (tertiary/aromatic N) is 1. The molecule has 1 fully saturated rings. The van der Waals surface area contributed by atoms with Crippen LogP contribution < -0.4 is 5.32 Å². The Kier molecular flexibility index (Phi) is 5.49. The van der Waals surface area contributed by atoms with Crippen molar-refractivity contribution < 1.29 is 23.9 Å². The van der Waals surface area contributed by atoms with E-state index in [1.54, 1.807) is 26.0 Å². The Bertz CT molecular complexity index is 769. The van der Waals surface area contributed by atoms with Crippen molar-refractivity contribution in [1.29, 1.82) is 0 Å². The molecule has 0 bridgehead atoms. The lowest BCUT2D eigenvalue weighted by Crippen LogP contribution is -2.40. The highest BCUT2D eigenvalue weighted by molar-refractivity contribution is 6.06. The van der Waals surface area contributed by atoms with Gasteiger partial charge in [0.1, 0.15) is 5.54 Å². The number of hydrogen-bond acceptors (Lipinski definition) is 5. The highest BCUT2D eigenvalue weighted by atomic mass is 16.5. The number of hydrogen-bond donors (Lipinski definition) is 1. The minimum Gasteiger partial charge on any atom is -0.454 e. The average molecular weight is 360 g/mol. The van der Waals surface area contributed by atoms with Gasteiger partial charge in [-0.3, -0.25) is 19.3 Å². The first-order valence-electron chi connectivity index (χ1n) is 8.48. The Hall–Kier alpha value is -2.70. The Morgan fingerprint density at radius 2 is 1.85 bits per heavy atom. The number of imide groups is 1. The topological polar surface area (TPSA) is 92.8 Å². The number of urea groups is 1. The molecule has 26 heavy (non-hydrogen) atoms. The summed E-state index contributed by atoms with van der Waals surface area (Å²) in [5, 5.41) is 2.54. The summed E-state index contributed by atoms with van der Waals surface area (Å²) in [5.41, 5.74) is 1.55. The van der Waals surface area contributed by atoms with Crippen molar-refractivity contribution in [2.24, 2.45) is 0 Å². The molecule has 0 aromatic heterocycles. The monoisotopic (exact) mass is 360 g/mol. The van der Waals surface area contributed by atoms with Crippen molar-refractivity contribution in [3.05, 3.63) is 34.9 Å². The third-order valence-electron chi connectivity index (χ3n) is 4.45. The van der Waals surface area contributed by atoms with Crippen molar-refractivity contribution in [2.45, 2.75) is 52.7 Å². The summed E-state index contributed by atoms with van der Waals surface area (Å²) in [4.78, 5) is 49.2. The van der Waals surface area contributed by atoms with Gasteiger partial charge < -0.3 is 10.1 Å². The van der Waals surface area contributed by atoms with Crippen LogP contribution in [-0.4, -0.2) is 46.8 Å². The van der Waals surface area contributed by atoms with Crippen LogP contribution in [0.25, 0.3) is 0 Å². The van der Waals surface area contributed by atoms with Gasteiger partial charge in [-0.15, -0.1) is 0 Å². The molecule has 1 aromatic carbocycles. The second-order valence-electron chi connectivity index (χ2n) is 7.06. The van der Waals surface area contributed by atoms with Crippen LogP contribution in [0.4, 0.5) is 4.79 Å². The molecule has 0 radical (unpaired) electrons. The molecule has 0 aliphatic carbocycles. The summed E-state index contributed by atoms with van der Waals surface area (Å²) in [6.45, 7) is 8.46. The van der Waals surface area contributed by atoms with Crippen molar-refractivity contribution >= 4 is 23.7 Å². The maximum absolute atomic E-state index is 12.4. The Morgan fingerprint density at radius 1 is 1.19 bits per heavy atom. The van der Waals surface area contributed by atoms with E-state index < -0.39 is 29.6 Å². The zero-order chi connectivity index (χ0) is 19.6. The summed E-state index contributed by atoms with van der Waals surface area (Å²) in [6, 6.07) is 4.77. The fraction of sp³-hybridized carbons (Fsp3) is 0.474. The predicted octanol–water partition coefficient (Wildman–Crippen LogP) is 2.14. The van der Waals surface area contributed by atoms with E-state index in [-0.39, 0.29) is 18.7 Å². The van der Waals surface area contributed by atoms with Crippen LogP contribution in [-0.2, 0) is 14.3 Å². The molecule has 1 atom stereocenters.